The van der Waals surface area contributed by atoms with Crippen molar-refractivity contribution in [2.75, 3.05) is 11.5 Å². The Morgan fingerprint density at radius 3 is 1.10 bits per heavy atom. The fourth-order valence-electron chi connectivity index (χ4n) is 3.12. The smallest absolute Gasteiger partial charge is 0.423 e. The molecule has 0 atom stereocenters. The topological polar surface area (TPSA) is 70.5 Å². The van der Waals surface area contributed by atoms with Gasteiger partial charge in [0.2, 0.25) is 28.9 Å². The van der Waals surface area contributed by atoms with Crippen molar-refractivity contribution in [3.05, 3.63) is 69.5 Å². The molecule has 0 aliphatic heterocycles. The summed E-state index contributed by atoms with van der Waals surface area (Å²) in [6, 6.07) is -0.766. The van der Waals surface area contributed by atoms with Crippen LogP contribution in [0.25, 0.3) is 0 Å². The molecule has 4 nitrogen and oxygen atoms in total. The molecular weight excluding hydrogens is 616 g/mol. The maximum Gasteiger partial charge on any atom is 0.423 e. The van der Waals surface area contributed by atoms with Gasteiger partial charge in [-0.05, 0) is 12.1 Å². The molecule has 0 saturated carbocycles. The molecule has 0 aliphatic carbocycles. The summed E-state index contributed by atoms with van der Waals surface area (Å²) in [7, 11) is 0. The Kier molecular flexibility index (Phi) is 7.61. The summed E-state index contributed by atoms with van der Waals surface area (Å²) in [5.41, 5.74) is -1.62. The van der Waals surface area contributed by atoms with Gasteiger partial charge in [-0.2, -0.15) is 48.3 Å². The first-order valence-corrected chi connectivity index (χ1v) is 9.82. The standard InChI is InChI=1S/C21H6F16N2O2/c22-8-3(19(29,30)31)1-5(38)10(24)16(8)40-15-7(21(35,36)37)12(26)13(27)18(14(15)28)41-17-9(23)4(20(32,33)34)2-6(39)11(17)25/h1-2H,38-39H2. The van der Waals surface area contributed by atoms with E-state index in [9.17, 15) is 65.9 Å². The highest BCUT2D eigenvalue weighted by Gasteiger charge is 2.46. The molecular formula is C21H6F16N2O2. The van der Waals surface area contributed by atoms with Crippen LogP contribution in [0, 0.1) is 40.7 Å². The molecule has 0 radical (unpaired) electrons. The lowest BCUT2D eigenvalue weighted by atomic mass is 10.1. The number of nitrogens with two attached hydrogens (primary N) is 2. The van der Waals surface area contributed by atoms with Crippen LogP contribution in [-0.2, 0) is 18.5 Å². The number of nitrogen functional groups attached to an aromatic ring is 2. The quantitative estimate of drug-likeness (QED) is 0.174. The van der Waals surface area contributed by atoms with Gasteiger partial charge < -0.3 is 20.9 Å². The van der Waals surface area contributed by atoms with Gasteiger partial charge in [0, 0.05) is 0 Å². The summed E-state index contributed by atoms with van der Waals surface area (Å²) in [5, 5.41) is 0. The van der Waals surface area contributed by atoms with Crippen LogP contribution in [0.5, 0.6) is 23.0 Å². The van der Waals surface area contributed by atoms with Crippen LogP contribution in [0.3, 0.4) is 0 Å². The van der Waals surface area contributed by atoms with E-state index >= 15 is 4.39 Å². The third-order valence-corrected chi connectivity index (χ3v) is 4.92. The van der Waals surface area contributed by atoms with Crippen LogP contribution in [0.4, 0.5) is 81.6 Å². The van der Waals surface area contributed by atoms with E-state index in [1.54, 1.807) is 0 Å². The van der Waals surface area contributed by atoms with Crippen molar-refractivity contribution in [1.82, 2.24) is 0 Å². The molecule has 0 aromatic heterocycles. The zero-order valence-corrected chi connectivity index (χ0v) is 18.7. The van der Waals surface area contributed by atoms with E-state index in [0.717, 1.165) is 0 Å². The number of hydrogen-bond acceptors (Lipinski definition) is 4. The number of ether oxygens (including phenoxy) is 2. The van der Waals surface area contributed by atoms with Gasteiger partial charge in [-0.3, -0.25) is 0 Å². The molecule has 0 spiro atoms. The molecule has 0 aliphatic rings. The maximum absolute atomic E-state index is 15.1. The van der Waals surface area contributed by atoms with E-state index < -0.39 is 116 Å². The Balaban J connectivity index is 2.39. The highest BCUT2D eigenvalue weighted by molar-refractivity contribution is 5.57. The second kappa shape index (κ2) is 9.98. The van der Waals surface area contributed by atoms with Crippen LogP contribution in [0.1, 0.15) is 16.7 Å². The van der Waals surface area contributed by atoms with Crippen molar-refractivity contribution in [2.45, 2.75) is 18.5 Å². The molecule has 0 unspecified atom stereocenters. The zero-order chi connectivity index (χ0) is 31.6. The predicted molar refractivity (Wildman–Crippen MR) is 103 cm³/mol. The highest BCUT2D eigenvalue weighted by atomic mass is 19.4. The molecule has 0 heterocycles. The van der Waals surface area contributed by atoms with E-state index in [1.807, 2.05) is 0 Å². The van der Waals surface area contributed by atoms with Gasteiger partial charge in [0.15, 0.2) is 34.8 Å². The Hall–Kier alpha value is -4.26. The van der Waals surface area contributed by atoms with E-state index in [1.165, 1.54) is 0 Å². The minimum Gasteiger partial charge on any atom is -0.447 e. The molecule has 224 valence electrons. The van der Waals surface area contributed by atoms with Crippen LogP contribution < -0.4 is 20.9 Å². The van der Waals surface area contributed by atoms with Gasteiger partial charge in [0.05, 0.1) is 22.5 Å². The monoisotopic (exact) mass is 622 g/mol. The first-order valence-electron chi connectivity index (χ1n) is 9.82. The summed E-state index contributed by atoms with van der Waals surface area (Å²) in [4.78, 5) is 0. The number of hydrogen-bond donors (Lipinski definition) is 2. The van der Waals surface area contributed by atoms with Crippen LogP contribution in [0.15, 0.2) is 12.1 Å². The van der Waals surface area contributed by atoms with Crippen molar-refractivity contribution in [1.29, 1.82) is 0 Å². The molecule has 41 heavy (non-hydrogen) atoms. The minimum absolute atomic E-state index is 0.365. The molecule has 4 N–H and O–H groups in total. The molecule has 0 saturated heterocycles. The third kappa shape index (κ3) is 5.53. The lowest BCUT2D eigenvalue weighted by molar-refractivity contribution is -0.142. The van der Waals surface area contributed by atoms with Crippen LogP contribution >= 0.6 is 0 Å². The van der Waals surface area contributed by atoms with Gasteiger partial charge in [-0.25, -0.2) is 22.0 Å². The third-order valence-electron chi connectivity index (χ3n) is 4.92. The van der Waals surface area contributed by atoms with E-state index in [2.05, 4.69) is 9.47 Å². The average Bonchev–Trinajstić information content (AvgIpc) is 2.81. The SMILES string of the molecule is Nc1cc(C(F)(F)F)c(F)c(Oc2c(F)c(F)c(C(F)(F)F)c(Oc3c(F)c(N)cc(C(F)(F)F)c3F)c2F)c1F. The van der Waals surface area contributed by atoms with Crippen LogP contribution in [0.2, 0.25) is 0 Å². The van der Waals surface area contributed by atoms with E-state index in [0.29, 0.717) is 0 Å². The normalized spacial score (nSPS) is 12.6. The summed E-state index contributed by atoms with van der Waals surface area (Å²) < 4.78 is 228. The summed E-state index contributed by atoms with van der Waals surface area (Å²) in [5.74, 6) is -30.6. The van der Waals surface area contributed by atoms with Crippen molar-refractivity contribution in [2.24, 2.45) is 0 Å². The summed E-state index contributed by atoms with van der Waals surface area (Å²) in [6.07, 6.45) is -17.7. The fraction of sp³-hybridized carbons (Fsp3) is 0.143. The van der Waals surface area contributed by atoms with Crippen LogP contribution in [-0.4, -0.2) is 0 Å². The molecule has 3 aromatic carbocycles. The van der Waals surface area contributed by atoms with Crippen molar-refractivity contribution < 1.29 is 79.7 Å². The minimum atomic E-state index is -6.28. The predicted octanol–water partition coefficient (Wildman–Crippen LogP) is 8.47. The van der Waals surface area contributed by atoms with Gasteiger partial charge in [0.1, 0.15) is 5.56 Å². The lowest BCUT2D eigenvalue weighted by Gasteiger charge is -2.21. The Labute approximate surface area is 214 Å². The van der Waals surface area contributed by atoms with E-state index in [-0.39, 0.29) is 6.07 Å². The van der Waals surface area contributed by atoms with E-state index in [4.69, 9.17) is 11.5 Å². The number of benzene rings is 3. The molecule has 0 bridgehead atoms. The van der Waals surface area contributed by atoms with Crippen molar-refractivity contribution in [3.8, 4) is 23.0 Å². The number of alkyl halides is 9. The van der Waals surface area contributed by atoms with Gasteiger partial charge >= 0.3 is 18.5 Å². The van der Waals surface area contributed by atoms with Gasteiger partial charge in [-0.1, -0.05) is 0 Å². The zero-order valence-electron chi connectivity index (χ0n) is 18.7. The second-order valence-electron chi connectivity index (χ2n) is 7.61. The fourth-order valence-corrected chi connectivity index (χ4v) is 3.12. The Morgan fingerprint density at radius 1 is 0.415 bits per heavy atom. The molecule has 3 aromatic rings. The number of rotatable bonds is 4. The maximum atomic E-state index is 15.1. The molecule has 3 rings (SSSR count). The first-order chi connectivity index (χ1) is 18.5. The van der Waals surface area contributed by atoms with Crippen molar-refractivity contribution >= 4 is 11.4 Å². The molecule has 0 fully saturated rings. The Bertz CT molecular complexity index is 1540. The number of anilines is 2. The van der Waals surface area contributed by atoms with Gasteiger partial charge in [-0.15, -0.1) is 0 Å². The highest BCUT2D eigenvalue weighted by Crippen LogP contribution is 2.50. The average molecular weight is 622 g/mol. The number of halogens is 16. The Morgan fingerprint density at radius 2 is 0.756 bits per heavy atom. The lowest BCUT2D eigenvalue weighted by Crippen LogP contribution is -2.17. The first kappa shape index (κ1) is 31.3. The molecule has 20 heteroatoms. The molecule has 0 amide bonds. The summed E-state index contributed by atoms with van der Waals surface area (Å²) >= 11 is 0. The second-order valence-corrected chi connectivity index (χ2v) is 7.61. The van der Waals surface area contributed by atoms with Gasteiger partial charge in [0.25, 0.3) is 0 Å². The largest absolute Gasteiger partial charge is 0.447 e. The summed E-state index contributed by atoms with van der Waals surface area (Å²) in [6.45, 7) is 0. The van der Waals surface area contributed by atoms with Crippen molar-refractivity contribution in [3.63, 3.8) is 0 Å².